The van der Waals surface area contributed by atoms with Gasteiger partial charge in [0.15, 0.2) is 0 Å². The summed E-state index contributed by atoms with van der Waals surface area (Å²) in [5, 5.41) is 11.6. The fourth-order valence-corrected chi connectivity index (χ4v) is 1.91. The highest BCUT2D eigenvalue weighted by Gasteiger charge is 2.28. The molecule has 0 fully saturated rings. The van der Waals surface area contributed by atoms with Gasteiger partial charge in [0.2, 0.25) is 0 Å². The second kappa shape index (κ2) is 7.51. The Kier molecular flexibility index (Phi) is 6.01. The minimum Gasteiger partial charge on any atom is -0.467 e. The average molecular weight is 295 g/mol. The van der Waals surface area contributed by atoms with Gasteiger partial charge in [-0.1, -0.05) is 30.7 Å². The summed E-state index contributed by atoms with van der Waals surface area (Å²) in [7, 11) is 1.23. The molecule has 1 rings (SSSR count). The minimum atomic E-state index is -0.886. The summed E-state index contributed by atoms with van der Waals surface area (Å²) >= 11 is 5.93. The molecule has 0 saturated heterocycles. The molecular weight excluding hydrogens is 280 g/mol. The predicted molar refractivity (Wildman–Crippen MR) is 74.1 cm³/mol. The third-order valence-corrected chi connectivity index (χ3v) is 3.17. The highest BCUT2D eigenvalue weighted by Crippen LogP contribution is 2.16. The summed E-state index contributed by atoms with van der Waals surface area (Å²) in [6.07, 6.45) is 0.128. The highest BCUT2D eigenvalue weighted by molar-refractivity contribution is 6.33. The van der Waals surface area contributed by atoms with Crippen molar-refractivity contribution in [3.8, 4) is 6.07 Å². The van der Waals surface area contributed by atoms with E-state index < -0.39 is 17.9 Å². The largest absolute Gasteiger partial charge is 0.467 e. The summed E-state index contributed by atoms with van der Waals surface area (Å²) < 4.78 is 4.65. The number of halogens is 1. The van der Waals surface area contributed by atoms with Gasteiger partial charge in [-0.3, -0.25) is 4.79 Å². The minimum absolute atomic E-state index is 0.128. The highest BCUT2D eigenvalue weighted by atomic mass is 35.5. The summed E-state index contributed by atoms with van der Waals surface area (Å²) in [5.41, 5.74) is 0.271. The van der Waals surface area contributed by atoms with Gasteiger partial charge in [-0.15, -0.1) is 0 Å². The molecule has 0 spiro atoms. The van der Waals surface area contributed by atoms with Crippen LogP contribution in [-0.4, -0.2) is 25.0 Å². The molecule has 0 heterocycles. The second-order valence-corrected chi connectivity index (χ2v) is 4.70. The molecule has 0 aliphatic carbocycles. The van der Waals surface area contributed by atoms with Crippen LogP contribution >= 0.6 is 11.6 Å². The molecule has 0 saturated carbocycles. The number of benzene rings is 1. The van der Waals surface area contributed by atoms with Gasteiger partial charge in [-0.05, 0) is 12.1 Å². The van der Waals surface area contributed by atoms with Crippen LogP contribution in [0.1, 0.15) is 23.7 Å². The molecule has 1 aromatic rings. The SMILES string of the molecule is COC(=O)[C@@H](NC(=O)c1ccccc1Cl)[C@H](C)CC#N. The van der Waals surface area contributed by atoms with Gasteiger partial charge in [-0.25, -0.2) is 4.79 Å². The Hall–Kier alpha value is -2.06. The maximum absolute atomic E-state index is 12.1. The Labute approximate surface area is 122 Å². The predicted octanol–water partition coefficient (Wildman–Crippen LogP) is 2.16. The van der Waals surface area contributed by atoms with E-state index in [0.29, 0.717) is 5.02 Å². The summed E-state index contributed by atoms with van der Waals surface area (Å²) in [5.74, 6) is -1.43. The third kappa shape index (κ3) is 3.97. The van der Waals surface area contributed by atoms with Crippen molar-refractivity contribution < 1.29 is 14.3 Å². The zero-order valence-corrected chi connectivity index (χ0v) is 12.0. The molecule has 1 N–H and O–H groups in total. The lowest BCUT2D eigenvalue weighted by Crippen LogP contribution is -2.45. The van der Waals surface area contributed by atoms with E-state index in [0.717, 1.165) is 0 Å². The van der Waals surface area contributed by atoms with Crippen LogP contribution in [0.25, 0.3) is 0 Å². The van der Waals surface area contributed by atoms with Crippen molar-refractivity contribution in [2.45, 2.75) is 19.4 Å². The molecule has 20 heavy (non-hydrogen) atoms. The zero-order valence-electron chi connectivity index (χ0n) is 11.2. The first-order chi connectivity index (χ1) is 9.51. The van der Waals surface area contributed by atoms with Crippen LogP contribution in [0.2, 0.25) is 5.02 Å². The molecule has 0 aliphatic rings. The van der Waals surface area contributed by atoms with Gasteiger partial charge in [0, 0.05) is 12.3 Å². The number of hydrogen-bond acceptors (Lipinski definition) is 4. The topological polar surface area (TPSA) is 79.2 Å². The van der Waals surface area contributed by atoms with Crippen molar-refractivity contribution in [3.63, 3.8) is 0 Å². The van der Waals surface area contributed by atoms with Crippen molar-refractivity contribution in [2.24, 2.45) is 5.92 Å². The lowest BCUT2D eigenvalue weighted by molar-refractivity contribution is -0.144. The molecule has 0 aliphatic heterocycles. The molecule has 1 aromatic carbocycles. The first-order valence-corrected chi connectivity index (χ1v) is 6.39. The quantitative estimate of drug-likeness (QED) is 0.844. The zero-order chi connectivity index (χ0) is 15.1. The van der Waals surface area contributed by atoms with Crippen LogP contribution < -0.4 is 5.32 Å². The van der Waals surface area contributed by atoms with E-state index in [1.54, 1.807) is 31.2 Å². The van der Waals surface area contributed by atoms with Crippen LogP contribution in [0.4, 0.5) is 0 Å². The van der Waals surface area contributed by atoms with Crippen molar-refractivity contribution in [1.29, 1.82) is 5.26 Å². The summed E-state index contributed by atoms with van der Waals surface area (Å²) in [6.45, 7) is 1.69. The lowest BCUT2D eigenvalue weighted by Gasteiger charge is -2.21. The van der Waals surface area contributed by atoms with E-state index >= 15 is 0 Å². The maximum atomic E-state index is 12.1. The Morgan fingerprint density at radius 2 is 2.10 bits per heavy atom. The van der Waals surface area contributed by atoms with Crippen molar-refractivity contribution in [3.05, 3.63) is 34.9 Å². The van der Waals surface area contributed by atoms with E-state index in [1.165, 1.54) is 7.11 Å². The maximum Gasteiger partial charge on any atom is 0.328 e. The molecule has 6 heteroatoms. The van der Waals surface area contributed by atoms with E-state index in [2.05, 4.69) is 10.1 Å². The average Bonchev–Trinajstić information content (AvgIpc) is 2.44. The van der Waals surface area contributed by atoms with Crippen molar-refractivity contribution in [1.82, 2.24) is 5.32 Å². The number of carbonyl (C=O) groups excluding carboxylic acids is 2. The molecule has 1 amide bonds. The Bertz CT molecular complexity index is 539. The molecule has 106 valence electrons. The molecule has 5 nitrogen and oxygen atoms in total. The number of nitrogens with one attached hydrogen (secondary N) is 1. The number of methoxy groups -OCH3 is 1. The van der Waals surface area contributed by atoms with Crippen molar-refractivity contribution >= 4 is 23.5 Å². The Morgan fingerprint density at radius 3 is 2.65 bits per heavy atom. The van der Waals surface area contributed by atoms with Gasteiger partial charge in [0.05, 0.1) is 23.8 Å². The summed E-state index contributed by atoms with van der Waals surface area (Å²) in [4.78, 5) is 23.8. The fourth-order valence-electron chi connectivity index (χ4n) is 1.69. The van der Waals surface area contributed by atoms with Gasteiger partial charge in [0.25, 0.3) is 5.91 Å². The summed E-state index contributed by atoms with van der Waals surface area (Å²) in [6, 6.07) is 7.60. The normalized spacial score (nSPS) is 12.9. The molecule has 2 atom stereocenters. The first-order valence-electron chi connectivity index (χ1n) is 6.01. The van der Waals surface area contributed by atoms with Gasteiger partial charge in [-0.2, -0.15) is 5.26 Å². The van der Waals surface area contributed by atoms with E-state index in [1.807, 2.05) is 6.07 Å². The monoisotopic (exact) mass is 294 g/mol. The van der Waals surface area contributed by atoms with Crippen LogP contribution in [0, 0.1) is 17.2 Å². The Balaban J connectivity index is 2.90. The number of amides is 1. The van der Waals surface area contributed by atoms with Crippen LogP contribution in [0.3, 0.4) is 0 Å². The number of rotatable bonds is 5. The van der Waals surface area contributed by atoms with Gasteiger partial charge in [0.1, 0.15) is 6.04 Å². The number of nitriles is 1. The third-order valence-electron chi connectivity index (χ3n) is 2.84. The lowest BCUT2D eigenvalue weighted by atomic mass is 9.98. The van der Waals surface area contributed by atoms with Gasteiger partial charge >= 0.3 is 5.97 Å². The van der Waals surface area contributed by atoms with Gasteiger partial charge < -0.3 is 10.1 Å². The number of carbonyl (C=O) groups is 2. The fraction of sp³-hybridized carbons (Fsp3) is 0.357. The number of esters is 1. The second-order valence-electron chi connectivity index (χ2n) is 4.29. The van der Waals surface area contributed by atoms with Crippen LogP contribution in [0.5, 0.6) is 0 Å². The van der Waals surface area contributed by atoms with E-state index in [-0.39, 0.29) is 17.9 Å². The van der Waals surface area contributed by atoms with E-state index in [9.17, 15) is 9.59 Å². The van der Waals surface area contributed by atoms with Crippen molar-refractivity contribution in [2.75, 3.05) is 7.11 Å². The molecule has 0 aromatic heterocycles. The number of hydrogen-bond donors (Lipinski definition) is 1. The Morgan fingerprint density at radius 1 is 1.45 bits per heavy atom. The number of ether oxygens (including phenoxy) is 1. The standard InChI is InChI=1S/C14H15ClN2O3/c1-9(7-8-16)12(14(19)20-2)17-13(18)10-5-3-4-6-11(10)15/h3-6,9,12H,7H2,1-2H3,(H,17,18)/t9-,12+/m1/s1. The molecular formula is C14H15ClN2O3. The van der Waals surface area contributed by atoms with Crippen LogP contribution in [-0.2, 0) is 9.53 Å². The smallest absolute Gasteiger partial charge is 0.328 e. The number of nitrogens with zero attached hydrogens (tertiary/aromatic N) is 1. The molecule has 0 radical (unpaired) electrons. The molecule has 0 bridgehead atoms. The first kappa shape index (κ1) is 16.0. The van der Waals surface area contributed by atoms with Crippen LogP contribution in [0.15, 0.2) is 24.3 Å². The molecule has 0 unspecified atom stereocenters. The van der Waals surface area contributed by atoms with E-state index in [4.69, 9.17) is 16.9 Å².